The first-order chi connectivity index (χ1) is 10.7. The highest BCUT2D eigenvalue weighted by Crippen LogP contribution is 2.24. The number of sulfone groups is 1. The first-order valence-corrected chi connectivity index (χ1v) is 10.0. The summed E-state index contributed by atoms with van der Waals surface area (Å²) < 4.78 is 23.1. The molecule has 2 aromatic rings. The van der Waals surface area contributed by atoms with Crippen molar-refractivity contribution in [1.29, 1.82) is 0 Å². The summed E-state index contributed by atoms with van der Waals surface area (Å²) in [5.74, 6) is 0. The van der Waals surface area contributed by atoms with Crippen LogP contribution in [0.4, 0.5) is 0 Å². The molecular formula is C15H19N3O3S2. The van der Waals surface area contributed by atoms with Crippen molar-refractivity contribution >= 4 is 21.2 Å². The Balaban J connectivity index is 1.85. The molecule has 3 heterocycles. The highest BCUT2D eigenvalue weighted by atomic mass is 32.2. The predicted octanol–water partition coefficient (Wildman–Crippen LogP) is 1.41. The number of nitrogens with zero attached hydrogens (tertiary/aromatic N) is 2. The molecule has 0 amide bonds. The van der Waals surface area contributed by atoms with Crippen molar-refractivity contribution < 1.29 is 8.42 Å². The van der Waals surface area contributed by atoms with Crippen molar-refractivity contribution in [3.63, 3.8) is 0 Å². The van der Waals surface area contributed by atoms with Gasteiger partial charge in [0.25, 0.3) is 5.56 Å². The summed E-state index contributed by atoms with van der Waals surface area (Å²) in [5, 5.41) is -0.237. The largest absolute Gasteiger partial charge is 0.297 e. The maximum absolute atomic E-state index is 12.2. The first kappa shape index (κ1) is 16.4. The third-order valence-electron chi connectivity index (χ3n) is 4.07. The third-order valence-corrected chi connectivity index (χ3v) is 6.11. The first-order valence-electron chi connectivity index (χ1n) is 7.34. The number of thiophene rings is 1. The summed E-state index contributed by atoms with van der Waals surface area (Å²) in [6, 6.07) is 2.19. The molecular weight excluding hydrogens is 334 g/mol. The van der Waals surface area contributed by atoms with E-state index in [-0.39, 0.29) is 10.7 Å². The fourth-order valence-electron chi connectivity index (χ4n) is 2.72. The summed E-state index contributed by atoms with van der Waals surface area (Å²) in [6.07, 6.45) is 1.64. The van der Waals surface area contributed by atoms with Crippen LogP contribution in [0.1, 0.15) is 26.6 Å². The summed E-state index contributed by atoms with van der Waals surface area (Å²) in [5.41, 5.74) is 2.12. The molecule has 0 saturated carbocycles. The lowest BCUT2D eigenvalue weighted by atomic mass is 10.1. The average molecular weight is 353 g/mol. The molecule has 2 aromatic heterocycles. The van der Waals surface area contributed by atoms with Crippen LogP contribution in [0.15, 0.2) is 16.0 Å². The molecule has 0 saturated heterocycles. The second-order valence-corrected chi connectivity index (χ2v) is 9.25. The zero-order chi connectivity index (χ0) is 16.8. The van der Waals surface area contributed by atoms with E-state index < -0.39 is 9.84 Å². The molecule has 0 radical (unpaired) electrons. The van der Waals surface area contributed by atoms with Gasteiger partial charge in [0, 0.05) is 42.1 Å². The number of aromatic nitrogens is 2. The Morgan fingerprint density at radius 1 is 1.39 bits per heavy atom. The minimum Gasteiger partial charge on any atom is -0.297 e. The van der Waals surface area contributed by atoms with Crippen LogP contribution in [-0.4, -0.2) is 36.1 Å². The zero-order valence-electron chi connectivity index (χ0n) is 13.3. The topological polar surface area (TPSA) is 83.1 Å². The number of H-pyrrole nitrogens is 1. The van der Waals surface area contributed by atoms with Crippen molar-refractivity contribution in [2.45, 2.75) is 38.5 Å². The Morgan fingerprint density at radius 2 is 2.13 bits per heavy atom. The van der Waals surface area contributed by atoms with Crippen LogP contribution in [-0.2, 0) is 29.3 Å². The van der Waals surface area contributed by atoms with Crippen molar-refractivity contribution in [1.82, 2.24) is 14.9 Å². The van der Waals surface area contributed by atoms with Gasteiger partial charge in [-0.15, -0.1) is 11.3 Å². The molecule has 1 aliphatic rings. The summed E-state index contributed by atoms with van der Waals surface area (Å²) in [4.78, 5) is 23.5. The number of aromatic amines is 1. The second kappa shape index (κ2) is 5.85. The average Bonchev–Trinajstić information content (AvgIpc) is 2.76. The summed E-state index contributed by atoms with van der Waals surface area (Å²) >= 11 is 1.78. The number of hydrogen-bond donors (Lipinski definition) is 1. The van der Waals surface area contributed by atoms with Crippen molar-refractivity contribution in [2.75, 3.05) is 12.8 Å². The predicted molar refractivity (Wildman–Crippen MR) is 89.6 cm³/mol. The van der Waals surface area contributed by atoms with Crippen LogP contribution in [0, 0.1) is 13.8 Å². The minimum atomic E-state index is -3.50. The van der Waals surface area contributed by atoms with E-state index in [1.54, 1.807) is 11.3 Å². The van der Waals surface area contributed by atoms with Crippen LogP contribution in [0.2, 0.25) is 0 Å². The van der Waals surface area contributed by atoms with Crippen LogP contribution in [0.3, 0.4) is 0 Å². The van der Waals surface area contributed by atoms with Gasteiger partial charge in [0.1, 0.15) is 0 Å². The maximum atomic E-state index is 12.2. The lowest BCUT2D eigenvalue weighted by Crippen LogP contribution is -2.35. The van der Waals surface area contributed by atoms with Gasteiger partial charge in [0.05, 0.1) is 11.3 Å². The van der Waals surface area contributed by atoms with Gasteiger partial charge in [-0.3, -0.25) is 14.7 Å². The molecule has 1 aliphatic heterocycles. The summed E-state index contributed by atoms with van der Waals surface area (Å²) in [6.45, 7) is 6.27. The van der Waals surface area contributed by atoms with Crippen LogP contribution < -0.4 is 5.56 Å². The van der Waals surface area contributed by atoms with Gasteiger partial charge < -0.3 is 0 Å². The fourth-order valence-corrected chi connectivity index (χ4v) is 4.37. The van der Waals surface area contributed by atoms with E-state index in [1.165, 1.54) is 15.3 Å². The Bertz CT molecular complexity index is 893. The molecule has 124 valence electrons. The molecule has 0 spiro atoms. The molecule has 0 aromatic carbocycles. The number of rotatable bonds is 3. The second-order valence-electron chi connectivity index (χ2n) is 5.98. The SMILES string of the molecule is Cc1cc(CN2CCc3nc(S(C)(=O)=O)[nH]c(=O)c3C2)sc1C. The van der Waals surface area contributed by atoms with Crippen LogP contribution >= 0.6 is 11.3 Å². The Kier molecular flexibility index (Phi) is 4.16. The lowest BCUT2D eigenvalue weighted by Gasteiger charge is -2.27. The smallest absolute Gasteiger partial charge is 0.256 e. The standard InChI is InChI=1S/C15H19N3O3S2/c1-9-6-11(22-10(9)2)7-18-5-4-13-12(8-18)14(19)17-15(16-13)23(3,20)21/h6H,4-5,7-8H2,1-3H3,(H,16,17,19). The third kappa shape index (κ3) is 3.39. The van der Waals surface area contributed by atoms with Crippen molar-refractivity contribution in [3.05, 3.63) is 43.0 Å². The van der Waals surface area contributed by atoms with Crippen LogP contribution in [0.25, 0.3) is 0 Å². The van der Waals surface area contributed by atoms with Gasteiger partial charge in [0.15, 0.2) is 0 Å². The van der Waals surface area contributed by atoms with Crippen molar-refractivity contribution in [2.24, 2.45) is 0 Å². The molecule has 23 heavy (non-hydrogen) atoms. The van der Waals surface area contributed by atoms with Gasteiger partial charge in [-0.1, -0.05) is 0 Å². The molecule has 6 nitrogen and oxygen atoms in total. The van der Waals surface area contributed by atoms with Gasteiger partial charge in [-0.25, -0.2) is 13.4 Å². The molecule has 0 bridgehead atoms. The number of fused-ring (bicyclic) bond motifs is 1. The van der Waals surface area contributed by atoms with Gasteiger partial charge in [0.2, 0.25) is 15.0 Å². The molecule has 1 N–H and O–H groups in total. The van der Waals surface area contributed by atoms with Crippen LogP contribution in [0.5, 0.6) is 0 Å². The minimum absolute atomic E-state index is 0.237. The number of nitrogens with one attached hydrogen (secondary N) is 1. The maximum Gasteiger partial charge on any atom is 0.256 e. The van der Waals surface area contributed by atoms with E-state index in [9.17, 15) is 13.2 Å². The van der Waals surface area contributed by atoms with Gasteiger partial charge in [-0.2, -0.15) is 0 Å². The molecule has 8 heteroatoms. The van der Waals surface area contributed by atoms with E-state index in [0.717, 1.165) is 19.3 Å². The molecule has 0 aliphatic carbocycles. The Morgan fingerprint density at radius 3 is 2.74 bits per heavy atom. The molecule has 0 unspecified atom stereocenters. The normalized spacial score (nSPS) is 15.6. The highest BCUT2D eigenvalue weighted by molar-refractivity contribution is 7.90. The molecule has 0 fully saturated rings. The van der Waals surface area contributed by atoms with Gasteiger partial charge >= 0.3 is 0 Å². The van der Waals surface area contributed by atoms with E-state index in [4.69, 9.17) is 0 Å². The molecule has 3 rings (SSSR count). The van der Waals surface area contributed by atoms with E-state index in [2.05, 4.69) is 34.8 Å². The monoisotopic (exact) mass is 353 g/mol. The fraction of sp³-hybridized carbons (Fsp3) is 0.467. The Labute approximate surface area is 139 Å². The van der Waals surface area contributed by atoms with E-state index >= 15 is 0 Å². The van der Waals surface area contributed by atoms with E-state index in [1.807, 2.05) is 0 Å². The summed E-state index contributed by atoms with van der Waals surface area (Å²) in [7, 11) is -3.50. The van der Waals surface area contributed by atoms with E-state index in [0.29, 0.717) is 24.2 Å². The van der Waals surface area contributed by atoms with Crippen molar-refractivity contribution in [3.8, 4) is 0 Å². The lowest BCUT2D eigenvalue weighted by molar-refractivity contribution is 0.243. The van der Waals surface area contributed by atoms with Gasteiger partial charge in [-0.05, 0) is 25.5 Å². The Hall–Kier alpha value is -1.51. The number of aryl methyl sites for hydroxylation is 2. The zero-order valence-corrected chi connectivity index (χ0v) is 15.0. The highest BCUT2D eigenvalue weighted by Gasteiger charge is 2.23. The quantitative estimate of drug-likeness (QED) is 0.844. The number of hydrogen-bond acceptors (Lipinski definition) is 6. The molecule has 0 atom stereocenters.